The normalized spacial score (nSPS) is 11.0. The van der Waals surface area contributed by atoms with Crippen LogP contribution in [0.2, 0.25) is 0 Å². The van der Waals surface area contributed by atoms with E-state index in [1.807, 2.05) is 36.4 Å². The van der Waals surface area contributed by atoms with E-state index in [1.165, 1.54) is 33.4 Å². The minimum Gasteiger partial charge on any atom is -0.201 e. The highest BCUT2D eigenvalue weighted by Crippen LogP contribution is 2.17. The molecule has 7 aromatic rings. The predicted molar refractivity (Wildman–Crippen MR) is 191 cm³/mol. The van der Waals surface area contributed by atoms with Crippen LogP contribution < -0.4 is 29.2 Å². The van der Waals surface area contributed by atoms with Gasteiger partial charge in [0.25, 0.3) is 0 Å². The maximum absolute atomic E-state index is 6.12. The Kier molecular flexibility index (Phi) is 9.33. The van der Waals surface area contributed by atoms with E-state index in [4.69, 9.17) is 15.7 Å². The number of aromatic nitrogens is 4. The molecular weight excluding hydrogens is 582 g/mol. The molecule has 48 heavy (non-hydrogen) atoms. The Balaban J connectivity index is 0.921. The third kappa shape index (κ3) is 7.67. The molecule has 0 bridgehead atoms. The summed E-state index contributed by atoms with van der Waals surface area (Å²) < 4.78 is 8.74. The molecule has 0 saturated carbocycles. The molecule has 0 unspecified atom stereocenters. The van der Waals surface area contributed by atoms with Gasteiger partial charge in [-0.1, -0.05) is 83.7 Å². The van der Waals surface area contributed by atoms with Gasteiger partial charge in [-0.05, 0) is 22.3 Å². The van der Waals surface area contributed by atoms with E-state index < -0.39 is 0 Å². The van der Waals surface area contributed by atoms with Crippen molar-refractivity contribution in [1.82, 2.24) is 0 Å². The summed E-state index contributed by atoms with van der Waals surface area (Å²) in [5.74, 6) is 0. The van der Waals surface area contributed by atoms with Crippen LogP contribution in [0.3, 0.4) is 0 Å². The Hall–Kier alpha value is -5.61. The smallest absolute Gasteiger partial charge is 0.173 e. The standard InChI is InChI=1S/C42H36B2N4/c43-41-7-3-1-5-39(41)31-47-25-17-37(18-26-47)35-13-21-45(22-14-35)29-33-9-11-34(12-10-33)30-46-23-15-36(16-24-46)38-19-27-48(28-20-38)32-40-6-2-4-8-42(40)44/h1-28H,29-32H2/q+4. The number of rotatable bonds is 10. The Bertz CT molecular complexity index is 1950. The zero-order valence-corrected chi connectivity index (χ0v) is 26.9. The lowest BCUT2D eigenvalue weighted by Crippen LogP contribution is -2.35. The number of hydrogen-bond donors (Lipinski definition) is 0. The minimum absolute atomic E-state index is 0.757. The molecule has 0 amide bonds. The number of benzene rings is 3. The van der Waals surface area contributed by atoms with Gasteiger partial charge >= 0.3 is 0 Å². The third-order valence-corrected chi connectivity index (χ3v) is 8.80. The van der Waals surface area contributed by atoms with Crippen LogP contribution in [-0.2, 0) is 26.2 Å². The van der Waals surface area contributed by atoms with Gasteiger partial charge in [-0.2, -0.15) is 0 Å². The second-order valence-corrected chi connectivity index (χ2v) is 12.3. The molecule has 0 aliphatic rings. The molecule has 0 aliphatic heterocycles. The van der Waals surface area contributed by atoms with Crippen molar-refractivity contribution in [2.24, 2.45) is 0 Å². The Labute approximate surface area is 285 Å². The molecule has 3 aromatic carbocycles. The molecule has 4 heterocycles. The summed E-state index contributed by atoms with van der Waals surface area (Å²) in [5.41, 5.74) is 11.2. The van der Waals surface area contributed by atoms with Gasteiger partial charge < -0.3 is 0 Å². The van der Waals surface area contributed by atoms with Gasteiger partial charge in [0.05, 0.1) is 0 Å². The van der Waals surface area contributed by atoms with Crippen LogP contribution in [0.4, 0.5) is 0 Å². The summed E-state index contributed by atoms with van der Waals surface area (Å²) in [6, 6.07) is 42.3. The van der Waals surface area contributed by atoms with Gasteiger partial charge in [-0.3, -0.25) is 0 Å². The summed E-state index contributed by atoms with van der Waals surface area (Å²) in [6.45, 7) is 3.16. The van der Waals surface area contributed by atoms with Crippen LogP contribution in [-0.4, -0.2) is 15.7 Å². The third-order valence-electron chi connectivity index (χ3n) is 8.80. The minimum atomic E-state index is 0.757. The maximum atomic E-state index is 6.12. The van der Waals surface area contributed by atoms with E-state index in [-0.39, 0.29) is 0 Å². The molecule has 226 valence electrons. The molecule has 0 aliphatic carbocycles. The monoisotopic (exact) mass is 618 g/mol. The average Bonchev–Trinajstić information content (AvgIpc) is 3.13. The fourth-order valence-corrected chi connectivity index (χ4v) is 5.94. The lowest BCUT2D eigenvalue weighted by Gasteiger charge is -2.05. The fourth-order valence-electron chi connectivity index (χ4n) is 5.94. The van der Waals surface area contributed by atoms with Crippen LogP contribution in [0.1, 0.15) is 22.3 Å². The van der Waals surface area contributed by atoms with E-state index in [0.29, 0.717) is 0 Å². The highest BCUT2D eigenvalue weighted by molar-refractivity contribution is 6.33. The first-order chi connectivity index (χ1) is 23.6. The summed E-state index contributed by atoms with van der Waals surface area (Å²) in [4.78, 5) is 0. The van der Waals surface area contributed by atoms with Crippen molar-refractivity contribution in [3.63, 3.8) is 0 Å². The fraction of sp³-hybridized carbons (Fsp3) is 0.0952. The van der Waals surface area contributed by atoms with E-state index in [2.05, 4.69) is 153 Å². The van der Waals surface area contributed by atoms with Crippen LogP contribution >= 0.6 is 0 Å². The second kappa shape index (κ2) is 14.4. The quantitative estimate of drug-likeness (QED) is 0.163. The van der Waals surface area contributed by atoms with Crippen molar-refractivity contribution < 1.29 is 18.3 Å². The molecule has 0 fully saturated rings. The summed E-state index contributed by atoms with van der Waals surface area (Å²) >= 11 is 0. The molecule has 4 aromatic heterocycles. The van der Waals surface area contributed by atoms with Crippen LogP contribution in [0, 0.1) is 0 Å². The summed E-state index contributed by atoms with van der Waals surface area (Å²) in [6.07, 6.45) is 17.0. The highest BCUT2D eigenvalue weighted by atomic mass is 14.9. The highest BCUT2D eigenvalue weighted by Gasteiger charge is 2.11. The van der Waals surface area contributed by atoms with E-state index in [9.17, 15) is 0 Å². The van der Waals surface area contributed by atoms with Crippen LogP contribution in [0.25, 0.3) is 22.3 Å². The van der Waals surface area contributed by atoms with E-state index in [1.54, 1.807) is 0 Å². The maximum Gasteiger partial charge on any atom is 0.173 e. The van der Waals surface area contributed by atoms with Gasteiger partial charge in [-0.15, -0.1) is 0 Å². The zero-order chi connectivity index (χ0) is 32.7. The van der Waals surface area contributed by atoms with Crippen molar-refractivity contribution >= 4 is 26.6 Å². The van der Waals surface area contributed by atoms with Crippen molar-refractivity contribution in [2.45, 2.75) is 26.2 Å². The van der Waals surface area contributed by atoms with Crippen molar-refractivity contribution in [2.75, 3.05) is 0 Å². The van der Waals surface area contributed by atoms with Gasteiger partial charge in [0.1, 0.15) is 15.7 Å². The summed E-state index contributed by atoms with van der Waals surface area (Å²) in [5, 5.41) is 0. The van der Waals surface area contributed by atoms with Gasteiger partial charge in [-0.25, -0.2) is 18.3 Å². The van der Waals surface area contributed by atoms with Crippen LogP contribution in [0.15, 0.2) is 171 Å². The topological polar surface area (TPSA) is 15.5 Å². The first kappa shape index (κ1) is 31.0. The molecule has 6 heteroatoms. The molecular formula is C42H36B2N4+4. The van der Waals surface area contributed by atoms with E-state index >= 15 is 0 Å². The molecule has 4 nitrogen and oxygen atoms in total. The predicted octanol–water partition coefficient (Wildman–Crippen LogP) is 3.95. The number of nitrogens with zero attached hydrogens (tertiary/aromatic N) is 4. The van der Waals surface area contributed by atoms with Gasteiger partial charge in [0, 0.05) is 70.8 Å². The molecule has 0 spiro atoms. The Morgan fingerprint density at radius 2 is 0.583 bits per heavy atom. The molecule has 0 atom stereocenters. The average molecular weight is 618 g/mol. The lowest BCUT2D eigenvalue weighted by atomic mass is 9.90. The Morgan fingerprint density at radius 3 is 0.875 bits per heavy atom. The Morgan fingerprint density at radius 1 is 0.312 bits per heavy atom. The molecule has 7 rings (SSSR count). The first-order valence-corrected chi connectivity index (χ1v) is 16.3. The van der Waals surface area contributed by atoms with Crippen molar-refractivity contribution in [3.8, 4) is 22.3 Å². The SMILES string of the molecule is [B]c1ccccc1C[n+]1ccc(-c2cc[n+](Cc3ccc(C[n+]4ccc(-c5cc[n+](Cc6ccccc6[B])cc5)cc4)cc3)cc2)cc1. The van der Waals surface area contributed by atoms with Gasteiger partial charge in [0.2, 0.25) is 0 Å². The van der Waals surface area contributed by atoms with Crippen molar-refractivity contribution in [3.05, 3.63) is 193 Å². The largest absolute Gasteiger partial charge is 0.201 e. The molecule has 0 N–H and O–H groups in total. The molecule has 4 radical (unpaired) electrons. The second-order valence-electron chi connectivity index (χ2n) is 12.3. The molecule has 0 saturated heterocycles. The van der Waals surface area contributed by atoms with Crippen molar-refractivity contribution in [1.29, 1.82) is 0 Å². The van der Waals surface area contributed by atoms with Gasteiger partial charge in [0.15, 0.2) is 75.8 Å². The lowest BCUT2D eigenvalue weighted by molar-refractivity contribution is -0.688. The summed E-state index contributed by atoms with van der Waals surface area (Å²) in [7, 11) is 12.2. The zero-order valence-electron chi connectivity index (χ0n) is 26.9. The van der Waals surface area contributed by atoms with Crippen LogP contribution in [0.5, 0.6) is 0 Å². The first-order valence-electron chi connectivity index (χ1n) is 16.3. The number of hydrogen-bond acceptors (Lipinski definition) is 0. The van der Waals surface area contributed by atoms with E-state index in [0.717, 1.165) is 48.2 Å². The number of pyridine rings is 4.